The van der Waals surface area contributed by atoms with Crippen molar-refractivity contribution in [3.63, 3.8) is 0 Å². The van der Waals surface area contributed by atoms with Crippen LogP contribution in [-0.2, 0) is 11.8 Å². The van der Waals surface area contributed by atoms with Gasteiger partial charge in [0.15, 0.2) is 0 Å². The Balaban J connectivity index is 3.05. The van der Waals surface area contributed by atoms with Gasteiger partial charge in [0.05, 0.1) is 12.1 Å². The first-order valence-electron chi connectivity index (χ1n) is 3.66. The lowest BCUT2D eigenvalue weighted by atomic mass is 10.1. The highest BCUT2D eigenvalue weighted by Gasteiger charge is 2.11. The number of hydrogen-bond donors (Lipinski definition) is 1. The van der Waals surface area contributed by atoms with Crippen molar-refractivity contribution >= 4 is 5.91 Å². The lowest BCUT2D eigenvalue weighted by Crippen LogP contribution is -2.12. The van der Waals surface area contributed by atoms with Gasteiger partial charge in [-0.15, -0.1) is 0 Å². The Kier molecular flexibility index (Phi) is 2.17. The van der Waals surface area contributed by atoms with Gasteiger partial charge < -0.3 is 5.73 Å². The third-order valence-electron chi connectivity index (χ3n) is 1.85. The molecule has 4 nitrogen and oxygen atoms in total. The summed E-state index contributed by atoms with van der Waals surface area (Å²) >= 11 is 0. The van der Waals surface area contributed by atoms with Crippen molar-refractivity contribution in [1.82, 2.24) is 9.78 Å². The van der Waals surface area contributed by atoms with E-state index >= 15 is 0 Å². The van der Waals surface area contributed by atoms with Crippen LogP contribution in [0.2, 0.25) is 0 Å². The monoisotopic (exact) mass is 166 g/mol. The Morgan fingerprint density at radius 3 is 2.50 bits per heavy atom. The molecule has 0 aliphatic carbocycles. The summed E-state index contributed by atoms with van der Waals surface area (Å²) in [6, 6.07) is 0. The molecule has 1 heterocycles. The second-order valence-corrected chi connectivity index (χ2v) is 2.75. The van der Waals surface area contributed by atoms with Crippen molar-refractivity contribution < 1.29 is 4.79 Å². The van der Waals surface area contributed by atoms with Gasteiger partial charge in [0.2, 0.25) is 5.91 Å². The van der Waals surface area contributed by atoms with E-state index in [0.717, 1.165) is 17.0 Å². The number of hydrogen-bond acceptors (Lipinski definition) is 2. The van der Waals surface area contributed by atoms with Gasteiger partial charge in [-0.25, -0.2) is 0 Å². The third kappa shape index (κ3) is 1.47. The molecular weight excluding hydrogens is 154 g/mol. The predicted octanol–water partition coefficient (Wildman–Crippen LogP) is 0.0746. The van der Waals surface area contributed by atoms with Crippen LogP contribution in [0.25, 0.3) is 0 Å². The average Bonchev–Trinajstić information content (AvgIpc) is 2.16. The molecule has 4 heteroatoms. The number of primary amides is 1. The van der Waals surface area contributed by atoms with Crippen molar-refractivity contribution in [1.29, 1.82) is 0 Å². The Bertz CT molecular complexity index is 314. The van der Waals surface area contributed by atoms with E-state index in [0.29, 0.717) is 0 Å². The standard InChI is InChI=1S/C8H12N3O/c1-5-7(4-8(9)12)6(2)11(3)10-5/h4H,1-3H3,(H2,9,12). The number of carbonyl (C=O) groups is 1. The first-order valence-corrected chi connectivity index (χ1v) is 3.66. The SMILES string of the molecule is Cc1nn(C)c(C)c1[CH]C(N)=O. The summed E-state index contributed by atoms with van der Waals surface area (Å²) in [5, 5.41) is 4.14. The Morgan fingerprint density at radius 2 is 2.17 bits per heavy atom. The molecular formula is C8H12N3O. The smallest absolute Gasteiger partial charge is 0.226 e. The summed E-state index contributed by atoms with van der Waals surface area (Å²) in [5.74, 6) is -0.436. The molecule has 0 fully saturated rings. The molecule has 1 radical (unpaired) electrons. The molecule has 1 aromatic heterocycles. The summed E-state index contributed by atoms with van der Waals surface area (Å²) in [5.41, 5.74) is 7.64. The fraction of sp³-hybridized carbons (Fsp3) is 0.375. The van der Waals surface area contributed by atoms with Gasteiger partial charge >= 0.3 is 0 Å². The van der Waals surface area contributed by atoms with Crippen LogP contribution in [0.3, 0.4) is 0 Å². The number of nitrogens with zero attached hydrogens (tertiary/aromatic N) is 2. The fourth-order valence-electron chi connectivity index (χ4n) is 1.14. The van der Waals surface area contributed by atoms with Gasteiger partial charge in [0.25, 0.3) is 0 Å². The average molecular weight is 166 g/mol. The van der Waals surface area contributed by atoms with E-state index in [1.807, 2.05) is 20.9 Å². The molecule has 0 aliphatic rings. The van der Waals surface area contributed by atoms with Crippen LogP contribution < -0.4 is 5.73 Å². The number of aryl methyl sites for hydroxylation is 2. The second-order valence-electron chi connectivity index (χ2n) is 2.75. The van der Waals surface area contributed by atoms with Crippen LogP contribution in [-0.4, -0.2) is 15.7 Å². The molecule has 1 aromatic rings. The highest BCUT2D eigenvalue weighted by molar-refractivity contribution is 5.87. The molecule has 12 heavy (non-hydrogen) atoms. The molecule has 0 unspecified atom stereocenters. The van der Waals surface area contributed by atoms with Gasteiger partial charge in [-0.3, -0.25) is 9.48 Å². The largest absolute Gasteiger partial charge is 0.369 e. The summed E-state index contributed by atoms with van der Waals surface area (Å²) in [6.07, 6.45) is 1.40. The summed E-state index contributed by atoms with van der Waals surface area (Å²) in [7, 11) is 1.83. The molecule has 0 saturated carbocycles. The zero-order chi connectivity index (χ0) is 9.30. The number of rotatable bonds is 2. The Labute approximate surface area is 71.4 Å². The van der Waals surface area contributed by atoms with Gasteiger partial charge in [0.1, 0.15) is 0 Å². The van der Waals surface area contributed by atoms with Crippen LogP contribution in [0, 0.1) is 20.3 Å². The summed E-state index contributed by atoms with van der Waals surface area (Å²) in [4.78, 5) is 10.6. The van der Waals surface area contributed by atoms with Crippen LogP contribution in [0.1, 0.15) is 17.0 Å². The zero-order valence-corrected chi connectivity index (χ0v) is 7.46. The molecule has 2 N–H and O–H groups in total. The van der Waals surface area contributed by atoms with E-state index < -0.39 is 5.91 Å². The molecule has 0 bridgehead atoms. The van der Waals surface area contributed by atoms with Gasteiger partial charge in [-0.05, 0) is 13.8 Å². The maximum Gasteiger partial charge on any atom is 0.226 e. The zero-order valence-electron chi connectivity index (χ0n) is 7.46. The van der Waals surface area contributed by atoms with Crippen molar-refractivity contribution in [2.24, 2.45) is 12.8 Å². The minimum absolute atomic E-state index is 0.436. The topological polar surface area (TPSA) is 60.9 Å². The highest BCUT2D eigenvalue weighted by atomic mass is 16.1. The Hall–Kier alpha value is -1.32. The van der Waals surface area contributed by atoms with E-state index in [1.165, 1.54) is 6.42 Å². The Morgan fingerprint density at radius 1 is 1.58 bits per heavy atom. The quantitative estimate of drug-likeness (QED) is 0.676. The molecule has 1 rings (SSSR count). The van der Waals surface area contributed by atoms with E-state index in [1.54, 1.807) is 4.68 Å². The number of aromatic nitrogens is 2. The van der Waals surface area contributed by atoms with E-state index in [9.17, 15) is 4.79 Å². The lowest BCUT2D eigenvalue weighted by Gasteiger charge is -1.96. The first-order chi connectivity index (χ1) is 5.52. The predicted molar refractivity (Wildman–Crippen MR) is 45.3 cm³/mol. The number of carbonyl (C=O) groups excluding carboxylic acids is 1. The lowest BCUT2D eigenvalue weighted by molar-refractivity contribution is -0.114. The molecule has 65 valence electrons. The summed E-state index contributed by atoms with van der Waals surface area (Å²) in [6.45, 7) is 3.75. The van der Waals surface area contributed by atoms with E-state index in [2.05, 4.69) is 5.10 Å². The molecule has 1 amide bonds. The normalized spacial score (nSPS) is 10.2. The molecule has 0 spiro atoms. The van der Waals surface area contributed by atoms with Gasteiger partial charge in [0, 0.05) is 18.3 Å². The van der Waals surface area contributed by atoms with E-state index in [4.69, 9.17) is 5.73 Å². The van der Waals surface area contributed by atoms with Gasteiger partial charge in [-0.1, -0.05) is 0 Å². The molecule has 0 aromatic carbocycles. The van der Waals surface area contributed by atoms with Crippen LogP contribution in [0.15, 0.2) is 0 Å². The summed E-state index contributed by atoms with van der Waals surface area (Å²) < 4.78 is 1.73. The first kappa shape index (κ1) is 8.77. The minimum Gasteiger partial charge on any atom is -0.369 e. The van der Waals surface area contributed by atoms with Crippen LogP contribution >= 0.6 is 0 Å². The van der Waals surface area contributed by atoms with Crippen molar-refractivity contribution in [3.8, 4) is 0 Å². The number of amides is 1. The molecule has 0 saturated heterocycles. The maximum absolute atomic E-state index is 10.6. The van der Waals surface area contributed by atoms with Gasteiger partial charge in [-0.2, -0.15) is 5.10 Å². The second kappa shape index (κ2) is 2.97. The van der Waals surface area contributed by atoms with E-state index in [-0.39, 0.29) is 0 Å². The van der Waals surface area contributed by atoms with Crippen molar-refractivity contribution in [2.75, 3.05) is 0 Å². The van der Waals surface area contributed by atoms with Crippen LogP contribution in [0.5, 0.6) is 0 Å². The molecule has 0 atom stereocenters. The van der Waals surface area contributed by atoms with Crippen molar-refractivity contribution in [2.45, 2.75) is 13.8 Å². The van der Waals surface area contributed by atoms with Crippen LogP contribution in [0.4, 0.5) is 0 Å². The minimum atomic E-state index is -0.436. The maximum atomic E-state index is 10.6. The third-order valence-corrected chi connectivity index (χ3v) is 1.85. The van der Waals surface area contributed by atoms with Crippen molar-refractivity contribution in [3.05, 3.63) is 23.4 Å². The number of nitrogens with two attached hydrogens (primary N) is 1. The molecule has 0 aliphatic heterocycles. The highest BCUT2D eigenvalue weighted by Crippen LogP contribution is 2.13. The fourth-order valence-corrected chi connectivity index (χ4v) is 1.14.